The molecule has 0 spiro atoms. The number of rotatable bonds is 0. The fourth-order valence-electron chi connectivity index (χ4n) is 2.00. The molecule has 0 fully saturated rings. The van der Waals surface area contributed by atoms with Crippen LogP contribution in [0.2, 0.25) is 0 Å². The van der Waals surface area contributed by atoms with Crippen molar-refractivity contribution in [2.24, 2.45) is 0 Å². The lowest BCUT2D eigenvalue weighted by molar-refractivity contribution is 1.41. The maximum absolute atomic E-state index is 12.1. The highest BCUT2D eigenvalue weighted by Gasteiger charge is 2.07. The molecule has 0 saturated heterocycles. The molecule has 0 bridgehead atoms. The second-order valence-electron chi connectivity index (χ2n) is 3.72. The van der Waals surface area contributed by atoms with E-state index in [4.69, 9.17) is 0 Å². The van der Waals surface area contributed by atoms with Crippen molar-refractivity contribution < 1.29 is 0 Å². The van der Waals surface area contributed by atoms with Crippen LogP contribution in [0.5, 0.6) is 0 Å². The van der Waals surface area contributed by atoms with Crippen LogP contribution in [0.4, 0.5) is 0 Å². The summed E-state index contributed by atoms with van der Waals surface area (Å²) in [6.45, 7) is 1.95. The molecule has 2 N–H and O–H groups in total. The van der Waals surface area contributed by atoms with E-state index in [1.165, 1.54) is 0 Å². The molecule has 15 heavy (non-hydrogen) atoms. The number of aromatic amines is 2. The number of aromatic nitrogens is 2. The van der Waals surface area contributed by atoms with E-state index in [9.17, 15) is 4.79 Å². The lowest BCUT2D eigenvalue weighted by atomic mass is 10.1. The second kappa shape index (κ2) is 2.73. The highest BCUT2D eigenvalue weighted by atomic mass is 16.1. The van der Waals surface area contributed by atoms with E-state index in [-0.39, 0.29) is 5.43 Å². The first-order valence-corrected chi connectivity index (χ1v) is 4.86. The summed E-state index contributed by atoms with van der Waals surface area (Å²) in [7, 11) is 0. The second-order valence-corrected chi connectivity index (χ2v) is 3.72. The van der Waals surface area contributed by atoms with E-state index in [1.54, 1.807) is 6.20 Å². The predicted octanol–water partition coefficient (Wildman–Crippen LogP) is 2.32. The molecule has 0 radical (unpaired) electrons. The van der Waals surface area contributed by atoms with E-state index in [2.05, 4.69) is 9.97 Å². The first-order chi connectivity index (χ1) is 7.27. The molecule has 74 valence electrons. The van der Waals surface area contributed by atoms with Gasteiger partial charge in [-0.05, 0) is 24.6 Å². The maximum Gasteiger partial charge on any atom is 0.213 e. The topological polar surface area (TPSA) is 48.6 Å². The van der Waals surface area contributed by atoms with Crippen LogP contribution in [0.25, 0.3) is 21.9 Å². The number of pyridine rings is 1. The average Bonchev–Trinajstić information content (AvgIpc) is 2.66. The van der Waals surface area contributed by atoms with E-state index in [0.717, 1.165) is 22.0 Å². The molecule has 0 aliphatic rings. The number of hydrogen-bond acceptors (Lipinski definition) is 1. The van der Waals surface area contributed by atoms with Gasteiger partial charge < -0.3 is 9.97 Å². The number of fused-ring (bicyclic) bond motifs is 2. The van der Waals surface area contributed by atoms with Crippen molar-refractivity contribution in [1.29, 1.82) is 0 Å². The summed E-state index contributed by atoms with van der Waals surface area (Å²) in [6.07, 6.45) is 1.77. The van der Waals surface area contributed by atoms with Crippen LogP contribution >= 0.6 is 0 Å². The molecule has 0 aliphatic heterocycles. The molecule has 3 aromatic rings. The SMILES string of the molecule is Cc1cccc2[nH]c3cc[nH]c3c(=O)c12. The highest BCUT2D eigenvalue weighted by Crippen LogP contribution is 2.16. The zero-order valence-electron chi connectivity index (χ0n) is 8.29. The lowest BCUT2D eigenvalue weighted by Crippen LogP contribution is -2.05. The lowest BCUT2D eigenvalue weighted by Gasteiger charge is -2.01. The third-order valence-electron chi connectivity index (χ3n) is 2.74. The highest BCUT2D eigenvalue weighted by molar-refractivity contribution is 5.92. The molecule has 3 nitrogen and oxygen atoms in total. The van der Waals surface area contributed by atoms with E-state index < -0.39 is 0 Å². The standard InChI is InChI=1S/C12H10N2O/c1-7-3-2-4-8-10(7)12(15)11-9(14-8)5-6-13-11/h2-6,13H,1H3,(H,14,15). The molecular weight excluding hydrogens is 188 g/mol. The van der Waals surface area contributed by atoms with Gasteiger partial charge in [-0.2, -0.15) is 0 Å². The van der Waals surface area contributed by atoms with Crippen LogP contribution in [0, 0.1) is 6.92 Å². The van der Waals surface area contributed by atoms with Crippen LogP contribution in [-0.4, -0.2) is 9.97 Å². The van der Waals surface area contributed by atoms with Gasteiger partial charge in [0.2, 0.25) is 5.43 Å². The van der Waals surface area contributed by atoms with Gasteiger partial charge in [-0.1, -0.05) is 12.1 Å². The van der Waals surface area contributed by atoms with Gasteiger partial charge in [-0.3, -0.25) is 4.79 Å². The summed E-state index contributed by atoms with van der Waals surface area (Å²) in [5.41, 5.74) is 3.48. The molecule has 2 aromatic heterocycles. The zero-order chi connectivity index (χ0) is 10.4. The van der Waals surface area contributed by atoms with Gasteiger partial charge >= 0.3 is 0 Å². The predicted molar refractivity (Wildman–Crippen MR) is 61.2 cm³/mol. The fourth-order valence-corrected chi connectivity index (χ4v) is 2.00. The summed E-state index contributed by atoms with van der Waals surface area (Å²) in [5, 5.41) is 0.771. The van der Waals surface area contributed by atoms with Gasteiger partial charge in [-0.15, -0.1) is 0 Å². The number of H-pyrrole nitrogens is 2. The Bertz CT molecular complexity index is 706. The molecule has 0 aliphatic carbocycles. The third-order valence-corrected chi connectivity index (χ3v) is 2.74. The Morgan fingerprint density at radius 2 is 2.00 bits per heavy atom. The van der Waals surface area contributed by atoms with Gasteiger partial charge in [0, 0.05) is 6.20 Å². The van der Waals surface area contributed by atoms with Crippen LogP contribution in [0.15, 0.2) is 35.3 Å². The minimum atomic E-state index is 0.0712. The van der Waals surface area contributed by atoms with E-state index >= 15 is 0 Å². The Labute approximate surface area is 85.8 Å². The van der Waals surface area contributed by atoms with Crippen LogP contribution in [-0.2, 0) is 0 Å². The van der Waals surface area contributed by atoms with Crippen LogP contribution in [0.3, 0.4) is 0 Å². The molecule has 3 heteroatoms. The van der Waals surface area contributed by atoms with E-state index in [1.807, 2.05) is 31.2 Å². The normalized spacial score (nSPS) is 11.3. The molecule has 1 aromatic carbocycles. The van der Waals surface area contributed by atoms with Crippen molar-refractivity contribution in [3.05, 3.63) is 46.2 Å². The van der Waals surface area contributed by atoms with Crippen molar-refractivity contribution in [2.75, 3.05) is 0 Å². The summed E-state index contributed by atoms with van der Waals surface area (Å²) in [6, 6.07) is 7.70. The van der Waals surface area contributed by atoms with Crippen LogP contribution in [0.1, 0.15) is 5.56 Å². The summed E-state index contributed by atoms with van der Waals surface area (Å²) in [4.78, 5) is 18.3. The minimum absolute atomic E-state index is 0.0712. The zero-order valence-corrected chi connectivity index (χ0v) is 8.29. The largest absolute Gasteiger partial charge is 0.357 e. The molecule has 0 atom stereocenters. The van der Waals surface area contributed by atoms with Gasteiger partial charge in [0.05, 0.1) is 16.4 Å². The van der Waals surface area contributed by atoms with Crippen molar-refractivity contribution in [3.8, 4) is 0 Å². The Morgan fingerprint density at radius 3 is 2.87 bits per heavy atom. The van der Waals surface area contributed by atoms with Crippen molar-refractivity contribution in [1.82, 2.24) is 9.97 Å². The Balaban J connectivity index is 2.71. The molecular formula is C12H10N2O. The summed E-state index contributed by atoms with van der Waals surface area (Å²) < 4.78 is 0. The van der Waals surface area contributed by atoms with Gasteiger partial charge in [-0.25, -0.2) is 0 Å². The smallest absolute Gasteiger partial charge is 0.213 e. The minimum Gasteiger partial charge on any atom is -0.357 e. The van der Waals surface area contributed by atoms with Gasteiger partial charge in [0.1, 0.15) is 5.52 Å². The molecule has 0 unspecified atom stereocenters. The Morgan fingerprint density at radius 1 is 1.13 bits per heavy atom. The molecule has 2 heterocycles. The molecule has 0 saturated carbocycles. The van der Waals surface area contributed by atoms with Crippen molar-refractivity contribution in [2.45, 2.75) is 6.92 Å². The van der Waals surface area contributed by atoms with E-state index in [0.29, 0.717) is 5.52 Å². The van der Waals surface area contributed by atoms with Crippen molar-refractivity contribution in [3.63, 3.8) is 0 Å². The van der Waals surface area contributed by atoms with Crippen molar-refractivity contribution >= 4 is 21.9 Å². The van der Waals surface area contributed by atoms with Gasteiger partial charge in [0.25, 0.3) is 0 Å². The van der Waals surface area contributed by atoms with Crippen LogP contribution < -0.4 is 5.43 Å². The number of aryl methyl sites for hydroxylation is 1. The quantitative estimate of drug-likeness (QED) is 0.572. The number of nitrogens with one attached hydrogen (secondary N) is 2. The fraction of sp³-hybridized carbons (Fsp3) is 0.0833. The average molecular weight is 198 g/mol. The monoisotopic (exact) mass is 198 g/mol. The summed E-state index contributed by atoms with van der Waals surface area (Å²) in [5.74, 6) is 0. The Kier molecular flexibility index (Phi) is 1.51. The maximum atomic E-state index is 12.1. The molecule has 0 amide bonds. The third kappa shape index (κ3) is 1.03. The molecule has 3 rings (SSSR count). The summed E-state index contributed by atoms with van der Waals surface area (Å²) >= 11 is 0. The first kappa shape index (κ1) is 8.29. The number of benzene rings is 1. The first-order valence-electron chi connectivity index (χ1n) is 4.86. The van der Waals surface area contributed by atoms with Gasteiger partial charge in [0.15, 0.2) is 0 Å². The Hall–Kier alpha value is -2.03. The number of hydrogen-bond donors (Lipinski definition) is 2.